The molecule has 0 saturated heterocycles. The van der Waals surface area contributed by atoms with Crippen LogP contribution in [0.4, 0.5) is 0 Å². The number of unbranched alkanes of at least 4 members (excludes halogenated alkanes) is 4. The van der Waals surface area contributed by atoms with Crippen LogP contribution in [0, 0.1) is 13.8 Å². The fourth-order valence-electron chi connectivity index (χ4n) is 8.23. The van der Waals surface area contributed by atoms with Crippen LogP contribution in [0.2, 0.25) is 0 Å². The first-order valence-electron chi connectivity index (χ1n) is 18.2. The molecule has 4 nitrogen and oxygen atoms in total. The van der Waals surface area contributed by atoms with Gasteiger partial charge in [0.1, 0.15) is 0 Å². The van der Waals surface area contributed by atoms with Crippen molar-refractivity contribution < 1.29 is 0 Å². The first-order valence-corrected chi connectivity index (χ1v) is 18.2. The minimum Gasteiger partial charge on any atom is -0.326 e. The number of rotatable bonds is 12. The second-order valence-corrected chi connectivity index (χ2v) is 14.0. The number of fused-ring (bicyclic) bond motifs is 2. The molecule has 2 aromatic heterocycles. The van der Waals surface area contributed by atoms with Crippen LogP contribution in [0.25, 0.3) is 12.2 Å². The van der Waals surface area contributed by atoms with Gasteiger partial charge < -0.3 is 9.13 Å². The number of allylic oxidation sites excluding steroid dienone is 4. The fraction of sp³-hybridized carbons (Fsp3) is 0.561. The quantitative estimate of drug-likeness (QED) is 0.231. The highest BCUT2D eigenvalue weighted by Gasteiger charge is 2.32. The van der Waals surface area contributed by atoms with Crippen molar-refractivity contribution in [3.63, 3.8) is 0 Å². The number of aliphatic imine (C=N–C) groups is 2. The van der Waals surface area contributed by atoms with Crippen LogP contribution in [0.5, 0.6) is 0 Å². The van der Waals surface area contributed by atoms with Gasteiger partial charge in [-0.25, -0.2) is 0 Å². The minimum atomic E-state index is 0.857. The Morgan fingerprint density at radius 2 is 0.933 bits per heavy atom. The summed E-state index contributed by atoms with van der Waals surface area (Å²) in [6.07, 6.45) is 20.9. The molecule has 2 aromatic rings. The maximum absolute atomic E-state index is 5.48. The summed E-state index contributed by atoms with van der Waals surface area (Å²) < 4.78 is 5.38. The molecule has 0 aliphatic carbocycles. The molecule has 6 bridgehead atoms. The predicted molar refractivity (Wildman–Crippen MR) is 194 cm³/mol. The summed E-state index contributed by atoms with van der Waals surface area (Å²) in [7, 11) is 0. The standard InChI is InChI=1S/C41H56N4/c1-9-13-17-30-26(5)34-21-38-29(8)33(20-16-12-4)41-24-37-31(18-14-10-2)27(6)35(43-37)22-39-28(7)32(19-15-11-3)40(23-36(30)42-34)44(39)25-45(38)41/h21-22H,9-20,23-25H2,1-8H3/b34-21-,35-22-. The molecule has 0 atom stereocenters. The molecule has 0 amide bonds. The zero-order chi connectivity index (χ0) is 31.8. The average Bonchev–Trinajstić information content (AvgIpc) is 3.65. The third-order valence-electron chi connectivity index (χ3n) is 11.1. The van der Waals surface area contributed by atoms with E-state index in [4.69, 9.17) is 9.98 Å². The maximum atomic E-state index is 5.48. The van der Waals surface area contributed by atoms with E-state index in [-0.39, 0.29) is 0 Å². The van der Waals surface area contributed by atoms with Gasteiger partial charge in [-0.1, -0.05) is 53.4 Å². The first kappa shape index (κ1) is 31.8. The normalized spacial score (nSPS) is 19.5. The lowest BCUT2D eigenvalue weighted by molar-refractivity contribution is 0.569. The Kier molecular flexibility index (Phi) is 9.41. The Morgan fingerprint density at radius 3 is 1.31 bits per heavy atom. The zero-order valence-electron chi connectivity index (χ0n) is 29.6. The van der Waals surface area contributed by atoms with E-state index in [0.29, 0.717) is 0 Å². The Labute approximate surface area is 272 Å². The second-order valence-electron chi connectivity index (χ2n) is 14.0. The first-order chi connectivity index (χ1) is 21.8. The van der Waals surface area contributed by atoms with Gasteiger partial charge in [-0.2, -0.15) is 0 Å². The third kappa shape index (κ3) is 5.61. The lowest BCUT2D eigenvalue weighted by Crippen LogP contribution is -2.21. The van der Waals surface area contributed by atoms with Gasteiger partial charge in [0.15, 0.2) is 0 Å². The van der Waals surface area contributed by atoms with Crippen molar-refractivity contribution in [3.8, 4) is 0 Å². The highest BCUT2D eigenvalue weighted by atomic mass is 15.2. The summed E-state index contributed by atoms with van der Waals surface area (Å²) in [5.74, 6) is 0. The molecule has 4 aliphatic heterocycles. The number of hydrogen-bond donors (Lipinski definition) is 0. The van der Waals surface area contributed by atoms with Crippen LogP contribution in [0.15, 0.2) is 43.7 Å². The van der Waals surface area contributed by atoms with Crippen molar-refractivity contribution in [3.05, 3.63) is 78.7 Å². The summed E-state index contributed by atoms with van der Waals surface area (Å²) >= 11 is 0. The molecule has 4 heteroatoms. The zero-order valence-corrected chi connectivity index (χ0v) is 29.6. The van der Waals surface area contributed by atoms with E-state index in [9.17, 15) is 0 Å². The molecule has 0 saturated carbocycles. The van der Waals surface area contributed by atoms with E-state index in [2.05, 4.69) is 76.7 Å². The van der Waals surface area contributed by atoms with Crippen LogP contribution in [0.3, 0.4) is 0 Å². The van der Waals surface area contributed by atoms with Crippen LogP contribution in [-0.4, -0.2) is 20.6 Å². The SMILES string of the molecule is CCCCC1=C(C)/C2=C/c3c(C)c(CCCC)c4n3Cn3c(c(C)c(CCCC)c3CC1=N2)/C=C1\N=C(C4)C(CCCC)=C1C. The summed E-state index contributed by atoms with van der Waals surface area (Å²) in [5, 5.41) is 0. The Balaban J connectivity index is 1.69. The number of aromatic nitrogens is 2. The summed E-state index contributed by atoms with van der Waals surface area (Å²) in [4.78, 5) is 11.0. The van der Waals surface area contributed by atoms with Crippen molar-refractivity contribution in [1.82, 2.24) is 9.13 Å². The number of nitrogens with zero attached hydrogens (tertiary/aromatic N) is 4. The lowest BCUT2D eigenvalue weighted by atomic mass is 9.94. The maximum Gasteiger partial charge on any atom is 0.0994 e. The lowest BCUT2D eigenvalue weighted by Gasteiger charge is -2.21. The molecule has 0 N–H and O–H groups in total. The molecule has 0 aromatic carbocycles. The molecule has 240 valence electrons. The van der Waals surface area contributed by atoms with Gasteiger partial charge in [0.25, 0.3) is 0 Å². The van der Waals surface area contributed by atoms with Crippen molar-refractivity contribution in [2.45, 2.75) is 152 Å². The summed E-state index contributed by atoms with van der Waals surface area (Å²) in [5.41, 5.74) is 22.4. The van der Waals surface area contributed by atoms with Crippen molar-refractivity contribution >= 4 is 23.6 Å². The Morgan fingerprint density at radius 1 is 0.556 bits per heavy atom. The van der Waals surface area contributed by atoms with Gasteiger partial charge in [0.2, 0.25) is 0 Å². The van der Waals surface area contributed by atoms with Crippen LogP contribution in [-0.2, 0) is 32.4 Å². The smallest absolute Gasteiger partial charge is 0.0994 e. The molecule has 6 rings (SSSR count). The Hall–Kier alpha value is -3.14. The highest BCUT2D eigenvalue weighted by molar-refractivity contribution is 6.08. The van der Waals surface area contributed by atoms with E-state index in [1.54, 1.807) is 11.1 Å². The molecule has 0 unspecified atom stereocenters. The highest BCUT2D eigenvalue weighted by Crippen LogP contribution is 2.40. The van der Waals surface area contributed by atoms with Crippen LogP contribution >= 0.6 is 0 Å². The summed E-state index contributed by atoms with van der Waals surface area (Å²) in [6, 6.07) is 0. The van der Waals surface area contributed by atoms with Gasteiger partial charge in [-0.3, -0.25) is 9.98 Å². The van der Waals surface area contributed by atoms with Crippen molar-refractivity contribution in [2.24, 2.45) is 9.98 Å². The molecule has 0 spiro atoms. The minimum absolute atomic E-state index is 0.857. The van der Waals surface area contributed by atoms with Gasteiger partial charge in [0, 0.05) is 35.6 Å². The molecule has 4 aliphatic rings. The van der Waals surface area contributed by atoms with Gasteiger partial charge in [0.05, 0.1) is 29.5 Å². The van der Waals surface area contributed by atoms with E-state index >= 15 is 0 Å². The molecule has 45 heavy (non-hydrogen) atoms. The number of hydrogen-bond acceptors (Lipinski definition) is 2. The van der Waals surface area contributed by atoms with E-state index in [1.807, 2.05) is 0 Å². The third-order valence-corrected chi connectivity index (χ3v) is 11.1. The molecular weight excluding hydrogens is 548 g/mol. The van der Waals surface area contributed by atoms with Crippen molar-refractivity contribution in [2.75, 3.05) is 0 Å². The molecule has 6 heterocycles. The van der Waals surface area contributed by atoms with Gasteiger partial charge >= 0.3 is 0 Å². The summed E-state index contributed by atoms with van der Waals surface area (Å²) in [6.45, 7) is 19.5. The van der Waals surface area contributed by atoms with E-state index < -0.39 is 0 Å². The predicted octanol–water partition coefficient (Wildman–Crippen LogP) is 10.8. The van der Waals surface area contributed by atoms with Crippen LogP contribution < -0.4 is 0 Å². The molecular formula is C41H56N4. The largest absolute Gasteiger partial charge is 0.326 e. The van der Waals surface area contributed by atoms with E-state index in [1.165, 1.54) is 130 Å². The van der Waals surface area contributed by atoms with Gasteiger partial charge in [-0.15, -0.1) is 0 Å². The van der Waals surface area contributed by atoms with Crippen molar-refractivity contribution in [1.29, 1.82) is 0 Å². The topological polar surface area (TPSA) is 34.6 Å². The fourth-order valence-corrected chi connectivity index (χ4v) is 8.23. The average molecular weight is 605 g/mol. The monoisotopic (exact) mass is 604 g/mol. The Bertz CT molecular complexity index is 1560. The second kappa shape index (κ2) is 13.3. The molecule has 0 radical (unpaired) electrons. The van der Waals surface area contributed by atoms with E-state index in [0.717, 1.165) is 45.2 Å². The molecule has 0 fully saturated rings. The van der Waals surface area contributed by atoms with Gasteiger partial charge in [-0.05, 0) is 136 Å². The van der Waals surface area contributed by atoms with Crippen LogP contribution in [0.1, 0.15) is 151 Å².